The average molecular weight is 250 g/mol. The van der Waals surface area contributed by atoms with Crippen molar-refractivity contribution >= 4 is 5.91 Å². The first-order valence-electron chi connectivity index (χ1n) is 6.18. The van der Waals surface area contributed by atoms with Crippen LogP contribution in [0, 0.1) is 18.7 Å². The smallest absolute Gasteiger partial charge is 0.253 e. The fraction of sp³-hybridized carbons (Fsp3) is 0.500. The van der Waals surface area contributed by atoms with Crippen molar-refractivity contribution in [2.75, 3.05) is 13.1 Å². The fourth-order valence-corrected chi connectivity index (χ4v) is 2.13. The summed E-state index contributed by atoms with van der Waals surface area (Å²) in [7, 11) is 0. The Morgan fingerprint density at radius 3 is 2.56 bits per heavy atom. The van der Waals surface area contributed by atoms with E-state index >= 15 is 0 Å². The predicted octanol–water partition coefficient (Wildman–Crippen LogP) is 1.94. The van der Waals surface area contributed by atoms with E-state index in [2.05, 4.69) is 13.8 Å². The molecule has 0 aromatic heterocycles. The van der Waals surface area contributed by atoms with Crippen molar-refractivity contribution < 1.29 is 9.18 Å². The summed E-state index contributed by atoms with van der Waals surface area (Å²) in [5, 5.41) is 0. The lowest BCUT2D eigenvalue weighted by atomic mass is 9.80. The lowest BCUT2D eigenvalue weighted by Crippen LogP contribution is -2.71. The van der Waals surface area contributed by atoms with Crippen LogP contribution in [0.3, 0.4) is 0 Å². The van der Waals surface area contributed by atoms with Crippen LogP contribution in [-0.4, -0.2) is 29.4 Å². The molecular weight excluding hydrogens is 231 g/mol. The van der Waals surface area contributed by atoms with Gasteiger partial charge in [-0.15, -0.1) is 0 Å². The third kappa shape index (κ3) is 2.12. The summed E-state index contributed by atoms with van der Waals surface area (Å²) in [6.07, 6.45) is 0. The zero-order valence-corrected chi connectivity index (χ0v) is 11.0. The molecule has 0 spiro atoms. The first-order chi connectivity index (χ1) is 8.33. The normalized spacial score (nSPS) is 17.8. The second-order valence-electron chi connectivity index (χ2n) is 5.51. The van der Waals surface area contributed by atoms with Crippen molar-refractivity contribution in [2.24, 2.45) is 11.7 Å². The largest absolute Gasteiger partial charge is 0.335 e. The summed E-state index contributed by atoms with van der Waals surface area (Å²) in [4.78, 5) is 13.9. The second-order valence-corrected chi connectivity index (χ2v) is 5.51. The Bertz CT molecular complexity index is 479. The van der Waals surface area contributed by atoms with Gasteiger partial charge in [0.25, 0.3) is 5.91 Å². The van der Waals surface area contributed by atoms with Gasteiger partial charge in [0.05, 0.1) is 5.54 Å². The number of likely N-dealkylation sites (tertiary alicyclic amines) is 1. The third-order valence-electron chi connectivity index (χ3n) is 3.81. The SMILES string of the molecule is Cc1cc(C(=O)N2CC(N)(C(C)C)C2)ccc1F. The number of hydrogen-bond acceptors (Lipinski definition) is 2. The average Bonchev–Trinajstić information content (AvgIpc) is 2.27. The van der Waals surface area contributed by atoms with Gasteiger partial charge in [0.15, 0.2) is 0 Å². The molecule has 0 bridgehead atoms. The molecule has 3 nitrogen and oxygen atoms in total. The van der Waals surface area contributed by atoms with Crippen molar-refractivity contribution in [1.29, 1.82) is 0 Å². The Labute approximate surface area is 107 Å². The molecule has 1 heterocycles. The minimum absolute atomic E-state index is 0.0696. The summed E-state index contributed by atoms with van der Waals surface area (Å²) < 4.78 is 13.1. The molecule has 2 N–H and O–H groups in total. The standard InChI is InChI=1S/C14H19FN2O/c1-9(2)14(16)7-17(8-14)13(18)11-4-5-12(15)10(3)6-11/h4-6,9H,7-8,16H2,1-3H3. The van der Waals surface area contributed by atoms with Crippen molar-refractivity contribution in [3.05, 3.63) is 35.1 Å². The van der Waals surface area contributed by atoms with Gasteiger partial charge >= 0.3 is 0 Å². The van der Waals surface area contributed by atoms with E-state index in [0.717, 1.165) is 0 Å². The van der Waals surface area contributed by atoms with Crippen molar-refractivity contribution in [1.82, 2.24) is 4.90 Å². The molecule has 2 rings (SSSR count). The maximum atomic E-state index is 13.1. The van der Waals surface area contributed by atoms with E-state index in [1.54, 1.807) is 17.9 Å². The van der Waals surface area contributed by atoms with E-state index in [1.807, 2.05) is 0 Å². The molecule has 1 amide bonds. The lowest BCUT2D eigenvalue weighted by molar-refractivity contribution is 0.0275. The monoisotopic (exact) mass is 250 g/mol. The van der Waals surface area contributed by atoms with Crippen LogP contribution in [0.4, 0.5) is 4.39 Å². The summed E-state index contributed by atoms with van der Waals surface area (Å²) in [5.74, 6) is -0.0122. The van der Waals surface area contributed by atoms with E-state index in [1.165, 1.54) is 12.1 Å². The van der Waals surface area contributed by atoms with Crippen LogP contribution in [0.25, 0.3) is 0 Å². The summed E-state index contributed by atoms with van der Waals surface area (Å²) >= 11 is 0. The molecule has 1 aromatic carbocycles. The highest BCUT2D eigenvalue weighted by Crippen LogP contribution is 2.27. The number of nitrogens with zero attached hydrogens (tertiary/aromatic N) is 1. The highest BCUT2D eigenvalue weighted by molar-refractivity contribution is 5.95. The van der Waals surface area contributed by atoms with Gasteiger partial charge in [-0.3, -0.25) is 4.79 Å². The van der Waals surface area contributed by atoms with Crippen molar-refractivity contribution in [2.45, 2.75) is 26.3 Å². The highest BCUT2D eigenvalue weighted by atomic mass is 19.1. The number of halogens is 1. The number of hydrogen-bond donors (Lipinski definition) is 1. The second kappa shape index (κ2) is 4.35. The van der Waals surface area contributed by atoms with Crippen LogP contribution in [0.15, 0.2) is 18.2 Å². The van der Waals surface area contributed by atoms with Crippen LogP contribution < -0.4 is 5.73 Å². The number of rotatable bonds is 2. The molecule has 0 atom stereocenters. The molecule has 1 saturated heterocycles. The van der Waals surface area contributed by atoms with Gasteiger partial charge in [-0.25, -0.2) is 4.39 Å². The zero-order valence-electron chi connectivity index (χ0n) is 11.0. The number of aryl methyl sites for hydroxylation is 1. The molecule has 0 aliphatic carbocycles. The van der Waals surface area contributed by atoms with Gasteiger partial charge in [-0.2, -0.15) is 0 Å². The van der Waals surface area contributed by atoms with Crippen LogP contribution in [0.2, 0.25) is 0 Å². The maximum absolute atomic E-state index is 13.1. The summed E-state index contributed by atoms with van der Waals surface area (Å²) in [6.45, 7) is 6.91. The molecule has 4 heteroatoms. The molecule has 1 fully saturated rings. The topological polar surface area (TPSA) is 46.3 Å². The number of carbonyl (C=O) groups is 1. The van der Waals surface area contributed by atoms with E-state index in [-0.39, 0.29) is 17.3 Å². The van der Waals surface area contributed by atoms with Gasteiger partial charge in [0.2, 0.25) is 0 Å². The van der Waals surface area contributed by atoms with Gasteiger partial charge in [-0.1, -0.05) is 13.8 Å². The summed E-state index contributed by atoms with van der Waals surface area (Å²) in [5.41, 5.74) is 6.90. The van der Waals surface area contributed by atoms with Crippen LogP contribution in [-0.2, 0) is 0 Å². The zero-order chi connectivity index (χ0) is 13.5. The minimum Gasteiger partial charge on any atom is -0.335 e. The molecule has 0 unspecified atom stereocenters. The molecule has 1 aromatic rings. The number of amides is 1. The Hall–Kier alpha value is -1.42. The molecule has 98 valence electrons. The third-order valence-corrected chi connectivity index (χ3v) is 3.81. The first kappa shape index (κ1) is 13.0. The Morgan fingerprint density at radius 2 is 2.06 bits per heavy atom. The Morgan fingerprint density at radius 1 is 1.44 bits per heavy atom. The number of carbonyl (C=O) groups excluding carboxylic acids is 1. The molecule has 1 aliphatic heterocycles. The molecule has 0 saturated carbocycles. The molecule has 18 heavy (non-hydrogen) atoms. The van der Waals surface area contributed by atoms with Gasteiger partial charge in [0, 0.05) is 18.7 Å². The number of benzene rings is 1. The van der Waals surface area contributed by atoms with E-state index in [4.69, 9.17) is 5.73 Å². The van der Waals surface area contributed by atoms with Crippen LogP contribution >= 0.6 is 0 Å². The highest BCUT2D eigenvalue weighted by Gasteiger charge is 2.44. The molecule has 0 radical (unpaired) electrons. The fourth-order valence-electron chi connectivity index (χ4n) is 2.13. The van der Waals surface area contributed by atoms with Gasteiger partial charge in [0.1, 0.15) is 5.82 Å². The number of nitrogens with two attached hydrogens (primary N) is 1. The van der Waals surface area contributed by atoms with Crippen molar-refractivity contribution in [3.8, 4) is 0 Å². The minimum atomic E-state index is -0.287. The van der Waals surface area contributed by atoms with Crippen LogP contribution in [0.5, 0.6) is 0 Å². The Kier molecular flexibility index (Phi) is 3.15. The quantitative estimate of drug-likeness (QED) is 0.872. The maximum Gasteiger partial charge on any atom is 0.253 e. The molecule has 1 aliphatic rings. The van der Waals surface area contributed by atoms with E-state index < -0.39 is 0 Å². The van der Waals surface area contributed by atoms with Crippen molar-refractivity contribution in [3.63, 3.8) is 0 Å². The predicted molar refractivity (Wildman–Crippen MR) is 68.8 cm³/mol. The van der Waals surface area contributed by atoms with Gasteiger partial charge < -0.3 is 10.6 Å². The Balaban J connectivity index is 2.08. The molecular formula is C14H19FN2O. The summed E-state index contributed by atoms with van der Waals surface area (Å²) in [6, 6.07) is 4.45. The van der Waals surface area contributed by atoms with E-state index in [0.29, 0.717) is 30.1 Å². The van der Waals surface area contributed by atoms with Gasteiger partial charge in [-0.05, 0) is 36.6 Å². The van der Waals surface area contributed by atoms with E-state index in [9.17, 15) is 9.18 Å². The lowest BCUT2D eigenvalue weighted by Gasteiger charge is -2.50. The first-order valence-corrected chi connectivity index (χ1v) is 6.18. The van der Waals surface area contributed by atoms with Crippen LogP contribution in [0.1, 0.15) is 29.8 Å².